The number of rotatable bonds is 19. The van der Waals surface area contributed by atoms with Gasteiger partial charge in [-0.15, -0.1) is 0 Å². The van der Waals surface area contributed by atoms with E-state index in [1.807, 2.05) is 12.1 Å². The lowest BCUT2D eigenvalue weighted by Gasteiger charge is -2.58. The van der Waals surface area contributed by atoms with Crippen molar-refractivity contribution in [3.8, 4) is 22.6 Å². The summed E-state index contributed by atoms with van der Waals surface area (Å²) in [6, 6.07) is 16.6. The minimum Gasteiger partial charge on any atom is -0.494 e. The minimum absolute atomic E-state index is 0.0388. The zero-order valence-corrected chi connectivity index (χ0v) is 35.0. The van der Waals surface area contributed by atoms with E-state index in [1.165, 1.54) is 82.6 Å². The van der Waals surface area contributed by atoms with Gasteiger partial charge in [0.15, 0.2) is 0 Å². The van der Waals surface area contributed by atoms with Gasteiger partial charge in [0, 0.05) is 12.8 Å². The fourth-order valence-corrected chi connectivity index (χ4v) is 11.8. The lowest BCUT2D eigenvalue weighted by atomic mass is 9.47. The van der Waals surface area contributed by atoms with Gasteiger partial charge in [0.05, 0.1) is 13.2 Å². The number of esters is 1. The van der Waals surface area contributed by atoms with Crippen molar-refractivity contribution in [2.45, 2.75) is 163 Å². The van der Waals surface area contributed by atoms with Crippen LogP contribution in [0.25, 0.3) is 11.1 Å². The van der Waals surface area contributed by atoms with E-state index in [1.54, 1.807) is 5.57 Å². The number of benzene rings is 2. The SMILES string of the molecule is CCCCCCOc1ccc(-c2ccc(OCCCCC(=O)O[C@H]3CC[C@@]4(C)C(=CC[C@H]5[C@@H]6CC[C@H]([C@H](C)CCCC(C)C)[C@@]6(C)CC[C@@H]54)C3)cc2)cc1. The number of hydrogen-bond acceptors (Lipinski definition) is 4. The highest BCUT2D eigenvalue weighted by molar-refractivity contribution is 5.69. The van der Waals surface area contributed by atoms with E-state index in [4.69, 9.17) is 14.2 Å². The number of hydrogen-bond donors (Lipinski definition) is 0. The molecule has 2 aromatic carbocycles. The number of allylic oxidation sites excluding steroid dienone is 1. The van der Waals surface area contributed by atoms with Crippen LogP contribution in [-0.4, -0.2) is 25.3 Å². The maximum absolute atomic E-state index is 12.9. The van der Waals surface area contributed by atoms with Gasteiger partial charge in [-0.05, 0) is 146 Å². The molecule has 6 rings (SSSR count). The molecule has 4 nitrogen and oxygen atoms in total. The van der Waals surface area contributed by atoms with Gasteiger partial charge in [0.1, 0.15) is 17.6 Å². The molecule has 0 amide bonds. The summed E-state index contributed by atoms with van der Waals surface area (Å²) in [5.41, 5.74) is 4.75. The minimum atomic E-state index is -0.0388. The van der Waals surface area contributed by atoms with Crippen molar-refractivity contribution in [2.75, 3.05) is 13.2 Å². The predicted octanol–water partition coefficient (Wildman–Crippen LogP) is 13.8. The van der Waals surface area contributed by atoms with Gasteiger partial charge in [-0.3, -0.25) is 4.79 Å². The van der Waals surface area contributed by atoms with Crippen molar-refractivity contribution in [1.82, 2.24) is 0 Å². The second-order valence-electron chi connectivity index (χ2n) is 18.9. The zero-order chi connectivity index (χ0) is 38.1. The van der Waals surface area contributed by atoms with Crippen molar-refractivity contribution < 1.29 is 19.0 Å². The van der Waals surface area contributed by atoms with Crippen LogP contribution in [0.1, 0.15) is 157 Å². The van der Waals surface area contributed by atoms with Gasteiger partial charge in [-0.25, -0.2) is 0 Å². The van der Waals surface area contributed by atoms with E-state index in [9.17, 15) is 4.79 Å². The molecule has 2 aromatic rings. The molecule has 8 atom stereocenters. The van der Waals surface area contributed by atoms with Crippen molar-refractivity contribution in [3.05, 3.63) is 60.2 Å². The highest BCUT2D eigenvalue weighted by atomic mass is 16.5. The topological polar surface area (TPSA) is 44.8 Å². The summed E-state index contributed by atoms with van der Waals surface area (Å²) in [6.45, 7) is 16.2. The van der Waals surface area contributed by atoms with Crippen molar-refractivity contribution >= 4 is 5.97 Å². The first-order valence-corrected chi connectivity index (χ1v) is 22.5. The first-order chi connectivity index (χ1) is 26.1. The van der Waals surface area contributed by atoms with Gasteiger partial charge >= 0.3 is 5.97 Å². The Morgan fingerprint density at radius 3 is 2.06 bits per heavy atom. The first kappa shape index (κ1) is 40.9. The molecule has 0 unspecified atom stereocenters. The van der Waals surface area contributed by atoms with E-state index in [0.29, 0.717) is 18.4 Å². The molecule has 0 aliphatic heterocycles. The Kier molecular flexibility index (Phi) is 14.3. The highest BCUT2D eigenvalue weighted by Crippen LogP contribution is 2.67. The van der Waals surface area contributed by atoms with E-state index in [0.717, 1.165) is 91.3 Å². The van der Waals surface area contributed by atoms with Gasteiger partial charge < -0.3 is 14.2 Å². The van der Waals surface area contributed by atoms with Crippen LogP contribution in [0.5, 0.6) is 11.5 Å². The molecular weight excluding hydrogens is 665 g/mol. The van der Waals surface area contributed by atoms with Crippen LogP contribution in [0.3, 0.4) is 0 Å². The molecule has 4 aliphatic carbocycles. The molecule has 0 heterocycles. The number of fused-ring (bicyclic) bond motifs is 5. The summed E-state index contributed by atoms with van der Waals surface area (Å²) < 4.78 is 18.1. The maximum Gasteiger partial charge on any atom is 0.306 e. The lowest BCUT2D eigenvalue weighted by molar-refractivity contribution is -0.151. The molecule has 0 aromatic heterocycles. The number of unbranched alkanes of at least 4 members (excludes halogenated alkanes) is 4. The molecule has 0 radical (unpaired) electrons. The molecule has 0 N–H and O–H groups in total. The molecule has 0 spiro atoms. The van der Waals surface area contributed by atoms with E-state index in [2.05, 4.69) is 84.0 Å². The zero-order valence-electron chi connectivity index (χ0n) is 35.0. The van der Waals surface area contributed by atoms with E-state index >= 15 is 0 Å². The Morgan fingerprint density at radius 1 is 0.741 bits per heavy atom. The summed E-state index contributed by atoms with van der Waals surface area (Å²) >= 11 is 0. The Labute approximate surface area is 329 Å². The Morgan fingerprint density at radius 2 is 1.41 bits per heavy atom. The largest absolute Gasteiger partial charge is 0.494 e. The molecule has 54 heavy (non-hydrogen) atoms. The molecule has 4 heteroatoms. The second-order valence-corrected chi connectivity index (χ2v) is 18.9. The fourth-order valence-electron chi connectivity index (χ4n) is 11.8. The van der Waals surface area contributed by atoms with Crippen LogP contribution in [0.15, 0.2) is 60.2 Å². The lowest BCUT2D eigenvalue weighted by Crippen LogP contribution is -2.51. The molecule has 3 saturated carbocycles. The van der Waals surface area contributed by atoms with Crippen LogP contribution in [-0.2, 0) is 9.53 Å². The molecule has 0 bridgehead atoms. The quantitative estimate of drug-likeness (QED) is 0.0818. The molecule has 4 aliphatic rings. The standard InChI is InChI=1S/C50H74O4/c1-7-8-9-11-33-52-41-22-17-38(18-23-41)39-19-24-42(25-20-39)53-34-12-10-16-48(51)54-43-29-31-49(5)40(35-43)21-26-44-46-28-27-45(37(4)15-13-14-36(2)3)50(46,6)32-30-47(44)49/h17-25,36-37,43-47H,7-16,26-35H2,1-6H3/t37-,43+,44+,45-,46+,47+,49+,50-/m1/s1. The van der Waals surface area contributed by atoms with Crippen molar-refractivity contribution in [2.24, 2.45) is 46.3 Å². The predicted molar refractivity (Wildman–Crippen MR) is 224 cm³/mol. The van der Waals surface area contributed by atoms with Crippen LogP contribution in [0.4, 0.5) is 0 Å². The molecular formula is C50H74O4. The Balaban J connectivity index is 0.895. The first-order valence-electron chi connectivity index (χ1n) is 22.5. The van der Waals surface area contributed by atoms with Crippen molar-refractivity contribution in [1.29, 1.82) is 0 Å². The maximum atomic E-state index is 12.9. The van der Waals surface area contributed by atoms with Crippen molar-refractivity contribution in [3.63, 3.8) is 0 Å². The van der Waals surface area contributed by atoms with Gasteiger partial charge in [-0.1, -0.05) is 116 Å². The van der Waals surface area contributed by atoms with Crippen LogP contribution < -0.4 is 9.47 Å². The fraction of sp³-hybridized carbons (Fsp3) is 0.700. The van der Waals surface area contributed by atoms with Gasteiger partial charge in [0.25, 0.3) is 0 Å². The van der Waals surface area contributed by atoms with Crippen LogP contribution in [0, 0.1) is 46.3 Å². The summed E-state index contributed by atoms with van der Waals surface area (Å²) in [5, 5.41) is 0. The molecule has 0 saturated heterocycles. The van der Waals surface area contributed by atoms with E-state index in [-0.39, 0.29) is 17.5 Å². The normalized spacial score (nSPS) is 29.5. The van der Waals surface area contributed by atoms with Gasteiger partial charge in [0.2, 0.25) is 0 Å². The van der Waals surface area contributed by atoms with Crippen LogP contribution in [0.2, 0.25) is 0 Å². The average Bonchev–Trinajstić information content (AvgIpc) is 3.52. The third-order valence-corrected chi connectivity index (χ3v) is 14.9. The summed E-state index contributed by atoms with van der Waals surface area (Å²) in [7, 11) is 0. The smallest absolute Gasteiger partial charge is 0.306 e. The Hall–Kier alpha value is -2.75. The number of carbonyl (C=O) groups excluding carboxylic acids is 1. The number of ether oxygens (including phenoxy) is 3. The second kappa shape index (κ2) is 18.9. The summed E-state index contributed by atoms with van der Waals surface area (Å²) in [6.07, 6.45) is 23.9. The van der Waals surface area contributed by atoms with Gasteiger partial charge in [-0.2, -0.15) is 0 Å². The summed E-state index contributed by atoms with van der Waals surface area (Å²) in [5.74, 6) is 6.87. The third-order valence-electron chi connectivity index (χ3n) is 14.9. The Bertz CT molecular complexity index is 1490. The highest BCUT2D eigenvalue weighted by Gasteiger charge is 2.59. The van der Waals surface area contributed by atoms with E-state index < -0.39 is 0 Å². The molecule has 298 valence electrons. The number of carbonyl (C=O) groups is 1. The summed E-state index contributed by atoms with van der Waals surface area (Å²) in [4.78, 5) is 12.9. The third kappa shape index (κ3) is 9.78. The average molecular weight is 739 g/mol. The van der Waals surface area contributed by atoms with Crippen LogP contribution >= 0.6 is 0 Å². The molecule has 3 fully saturated rings. The monoisotopic (exact) mass is 739 g/mol.